The molecule has 1 aromatic heterocycles. The Kier molecular flexibility index (Phi) is 4.61. The molecule has 0 aliphatic carbocycles. The molecule has 8 heteroatoms. The molecule has 0 amide bonds. The molecule has 1 aromatic rings. The van der Waals surface area contributed by atoms with Crippen molar-refractivity contribution < 1.29 is 8.42 Å². The maximum absolute atomic E-state index is 11.9. The Hall–Kier alpha value is -0.990. The van der Waals surface area contributed by atoms with Gasteiger partial charge in [-0.2, -0.15) is 4.72 Å². The first-order valence-electron chi connectivity index (χ1n) is 5.24. The fourth-order valence-corrected chi connectivity index (χ4v) is 2.79. The highest BCUT2D eigenvalue weighted by Gasteiger charge is 2.22. The van der Waals surface area contributed by atoms with Crippen LogP contribution >= 0.6 is 12.2 Å². The number of nitrogens with one attached hydrogen (secondary N) is 1. The maximum atomic E-state index is 11.9. The van der Waals surface area contributed by atoms with Crippen LogP contribution in [0.3, 0.4) is 0 Å². The van der Waals surface area contributed by atoms with Crippen molar-refractivity contribution in [2.45, 2.75) is 37.9 Å². The van der Waals surface area contributed by atoms with E-state index in [2.05, 4.69) is 9.71 Å². The molecule has 1 heterocycles. The number of aromatic nitrogens is 2. The van der Waals surface area contributed by atoms with Crippen LogP contribution in [0.1, 0.15) is 20.3 Å². The fourth-order valence-electron chi connectivity index (χ4n) is 1.24. The van der Waals surface area contributed by atoms with Crippen molar-refractivity contribution in [3.63, 3.8) is 0 Å². The first kappa shape index (κ1) is 14.1. The van der Waals surface area contributed by atoms with Crippen molar-refractivity contribution in [1.82, 2.24) is 14.3 Å². The van der Waals surface area contributed by atoms with Crippen LogP contribution < -0.4 is 10.5 Å². The number of hydrogen-bond acceptors (Lipinski definition) is 4. The van der Waals surface area contributed by atoms with Crippen LogP contribution in [-0.4, -0.2) is 29.0 Å². The van der Waals surface area contributed by atoms with Gasteiger partial charge in [-0.1, -0.05) is 19.1 Å². The molecule has 0 bridgehead atoms. The van der Waals surface area contributed by atoms with Crippen LogP contribution in [0.2, 0.25) is 0 Å². The van der Waals surface area contributed by atoms with Gasteiger partial charge in [0.15, 0.2) is 5.03 Å². The van der Waals surface area contributed by atoms with Gasteiger partial charge in [0.25, 0.3) is 10.0 Å². The molecule has 17 heavy (non-hydrogen) atoms. The Labute approximate surface area is 106 Å². The lowest BCUT2D eigenvalue weighted by Crippen LogP contribution is -2.43. The predicted molar refractivity (Wildman–Crippen MR) is 69.1 cm³/mol. The smallest absolute Gasteiger partial charge is 0.260 e. The number of nitrogens with zero attached hydrogens (tertiary/aromatic N) is 2. The molecule has 0 radical (unpaired) electrons. The van der Waals surface area contributed by atoms with Gasteiger partial charge in [-0.05, 0) is 13.3 Å². The van der Waals surface area contributed by atoms with Crippen molar-refractivity contribution in [3.05, 3.63) is 12.5 Å². The summed E-state index contributed by atoms with van der Waals surface area (Å²) in [7, 11) is -3.66. The van der Waals surface area contributed by atoms with Gasteiger partial charge in [-0.25, -0.2) is 13.4 Å². The second-order valence-electron chi connectivity index (χ2n) is 3.53. The lowest BCUT2D eigenvalue weighted by Gasteiger charge is -2.14. The van der Waals surface area contributed by atoms with Crippen LogP contribution in [0.4, 0.5) is 0 Å². The maximum Gasteiger partial charge on any atom is 0.260 e. The number of hydrogen-bond donors (Lipinski definition) is 2. The van der Waals surface area contributed by atoms with Gasteiger partial charge in [0.2, 0.25) is 0 Å². The number of nitrogens with two attached hydrogens (primary N) is 1. The zero-order chi connectivity index (χ0) is 13.1. The summed E-state index contributed by atoms with van der Waals surface area (Å²) in [5.74, 6) is 0. The molecule has 0 fully saturated rings. The lowest BCUT2D eigenvalue weighted by molar-refractivity contribution is 0.569. The Morgan fingerprint density at radius 1 is 1.65 bits per heavy atom. The molecule has 0 aliphatic heterocycles. The van der Waals surface area contributed by atoms with E-state index in [4.69, 9.17) is 18.0 Å². The van der Waals surface area contributed by atoms with Crippen LogP contribution in [0.15, 0.2) is 17.6 Å². The standard InChI is InChI=1S/C9H16N4O2S2/c1-3-7(9(10)16)12-17(14,15)8-5-13(4-2)6-11-8/h5-7,12H,3-4H2,1-2H3,(H2,10,16). The first-order chi connectivity index (χ1) is 7.90. The van der Waals surface area contributed by atoms with E-state index in [1.165, 1.54) is 12.5 Å². The first-order valence-corrected chi connectivity index (χ1v) is 7.13. The third-order valence-electron chi connectivity index (χ3n) is 2.30. The van der Waals surface area contributed by atoms with Crippen molar-refractivity contribution in [2.24, 2.45) is 5.73 Å². The Balaban J connectivity index is 2.91. The molecule has 0 aliphatic rings. The zero-order valence-corrected chi connectivity index (χ0v) is 11.4. The van der Waals surface area contributed by atoms with Gasteiger partial charge in [-0.3, -0.25) is 0 Å². The Bertz CT molecular complexity index is 495. The zero-order valence-electron chi connectivity index (χ0n) is 9.75. The van der Waals surface area contributed by atoms with Crippen molar-refractivity contribution in [2.75, 3.05) is 0 Å². The van der Waals surface area contributed by atoms with Crippen LogP contribution in [0, 0.1) is 0 Å². The summed E-state index contributed by atoms with van der Waals surface area (Å²) in [4.78, 5) is 3.96. The number of imidazole rings is 1. The summed E-state index contributed by atoms with van der Waals surface area (Å²) in [6, 6.07) is -0.540. The predicted octanol–water partition coefficient (Wildman–Crippen LogP) is 0.246. The summed E-state index contributed by atoms with van der Waals surface area (Å²) in [5, 5.41) is -0.0194. The molecule has 3 N–H and O–H groups in total. The van der Waals surface area contributed by atoms with Gasteiger partial charge in [-0.15, -0.1) is 0 Å². The number of aryl methyl sites for hydroxylation is 1. The summed E-state index contributed by atoms with van der Waals surface area (Å²) in [6.45, 7) is 4.36. The topological polar surface area (TPSA) is 90.0 Å². The summed E-state index contributed by atoms with van der Waals surface area (Å²) in [6.07, 6.45) is 3.44. The van der Waals surface area contributed by atoms with E-state index >= 15 is 0 Å². The minimum absolute atomic E-state index is 0.0194. The molecule has 1 atom stereocenters. The quantitative estimate of drug-likeness (QED) is 0.727. The molecule has 1 unspecified atom stereocenters. The van der Waals surface area contributed by atoms with Crippen LogP contribution in [0.5, 0.6) is 0 Å². The minimum Gasteiger partial charge on any atom is -0.392 e. The highest BCUT2D eigenvalue weighted by molar-refractivity contribution is 7.89. The van der Waals surface area contributed by atoms with Crippen molar-refractivity contribution in [3.8, 4) is 0 Å². The third kappa shape index (κ3) is 3.48. The summed E-state index contributed by atoms with van der Waals surface area (Å²) >= 11 is 4.79. The Morgan fingerprint density at radius 3 is 2.71 bits per heavy atom. The van der Waals surface area contributed by atoms with E-state index < -0.39 is 16.1 Å². The molecule has 96 valence electrons. The van der Waals surface area contributed by atoms with Crippen LogP contribution in [-0.2, 0) is 16.6 Å². The van der Waals surface area contributed by atoms with E-state index in [0.717, 1.165) is 0 Å². The molecule has 0 saturated carbocycles. The van der Waals surface area contributed by atoms with Gasteiger partial charge in [0.05, 0.1) is 17.4 Å². The van der Waals surface area contributed by atoms with E-state index in [-0.39, 0.29) is 10.0 Å². The van der Waals surface area contributed by atoms with E-state index in [0.29, 0.717) is 13.0 Å². The van der Waals surface area contributed by atoms with Crippen molar-refractivity contribution >= 4 is 27.2 Å². The fraction of sp³-hybridized carbons (Fsp3) is 0.556. The summed E-state index contributed by atoms with van der Waals surface area (Å²) in [5.41, 5.74) is 5.44. The van der Waals surface area contributed by atoms with E-state index in [1.807, 2.05) is 6.92 Å². The average molecular weight is 276 g/mol. The monoisotopic (exact) mass is 276 g/mol. The number of rotatable bonds is 6. The van der Waals surface area contributed by atoms with E-state index in [1.54, 1.807) is 11.5 Å². The molecule has 0 aromatic carbocycles. The highest BCUT2D eigenvalue weighted by atomic mass is 32.2. The number of thiocarbonyl (C=S) groups is 1. The SMILES string of the molecule is CCC(NS(=O)(=O)c1cn(CC)cn1)C(N)=S. The van der Waals surface area contributed by atoms with E-state index in [9.17, 15) is 8.42 Å². The molecule has 0 saturated heterocycles. The second-order valence-corrected chi connectivity index (χ2v) is 5.66. The molecule has 0 spiro atoms. The lowest BCUT2D eigenvalue weighted by atomic mass is 10.2. The highest BCUT2D eigenvalue weighted by Crippen LogP contribution is 2.07. The van der Waals surface area contributed by atoms with Gasteiger partial charge < -0.3 is 10.3 Å². The van der Waals surface area contributed by atoms with Crippen molar-refractivity contribution in [1.29, 1.82) is 0 Å². The molecule has 1 rings (SSSR count). The molecular formula is C9H16N4O2S2. The summed E-state index contributed by atoms with van der Waals surface area (Å²) < 4.78 is 28.0. The second kappa shape index (κ2) is 5.56. The Morgan fingerprint density at radius 2 is 2.29 bits per heavy atom. The van der Waals surface area contributed by atoms with Gasteiger partial charge in [0, 0.05) is 12.7 Å². The minimum atomic E-state index is -3.66. The molecular weight excluding hydrogens is 260 g/mol. The van der Waals surface area contributed by atoms with Crippen LogP contribution in [0.25, 0.3) is 0 Å². The number of sulfonamides is 1. The third-order valence-corrected chi connectivity index (χ3v) is 3.94. The normalized spacial score (nSPS) is 13.5. The van der Waals surface area contributed by atoms with Gasteiger partial charge in [0.1, 0.15) is 0 Å². The molecule has 6 nitrogen and oxygen atoms in total. The largest absolute Gasteiger partial charge is 0.392 e. The average Bonchev–Trinajstić information content (AvgIpc) is 2.74. The van der Waals surface area contributed by atoms with Gasteiger partial charge >= 0.3 is 0 Å².